The summed E-state index contributed by atoms with van der Waals surface area (Å²) in [4.78, 5) is 1.19. The molecule has 1 nitrogen and oxygen atoms in total. The van der Waals surface area contributed by atoms with E-state index in [9.17, 15) is 5.11 Å². The Labute approximate surface area is 76.0 Å². The molecule has 0 aliphatic heterocycles. The average molecular weight is 180 g/mol. The summed E-state index contributed by atoms with van der Waals surface area (Å²) in [6.07, 6.45) is 3.48. The highest BCUT2D eigenvalue weighted by molar-refractivity contribution is 7.10. The van der Waals surface area contributed by atoms with Crippen LogP contribution < -0.4 is 0 Å². The molecule has 1 N–H and O–H groups in total. The lowest BCUT2D eigenvalue weighted by Gasteiger charge is -2.22. The summed E-state index contributed by atoms with van der Waals surface area (Å²) in [6.45, 7) is 0. The number of thiophene rings is 1. The molecule has 3 unspecified atom stereocenters. The van der Waals surface area contributed by atoms with Crippen LogP contribution in [0.3, 0.4) is 0 Å². The van der Waals surface area contributed by atoms with Crippen molar-refractivity contribution in [1.82, 2.24) is 0 Å². The van der Waals surface area contributed by atoms with Crippen LogP contribution in [0.2, 0.25) is 0 Å². The van der Waals surface area contributed by atoms with Crippen molar-refractivity contribution >= 4 is 11.3 Å². The summed E-state index contributed by atoms with van der Waals surface area (Å²) in [7, 11) is 0. The highest BCUT2D eigenvalue weighted by Gasteiger charge is 2.58. The van der Waals surface area contributed by atoms with Crippen LogP contribution in [0.25, 0.3) is 0 Å². The van der Waals surface area contributed by atoms with Gasteiger partial charge in [-0.25, -0.2) is 0 Å². The standard InChI is InChI=1S/C10H12OS/c11-10(9-2-1-5-12-9)4-3-7-6-8(7)10/h1-2,5,7-8,11H,3-4,6H2. The zero-order chi connectivity index (χ0) is 8.18. The van der Waals surface area contributed by atoms with E-state index >= 15 is 0 Å². The van der Waals surface area contributed by atoms with E-state index in [0.717, 1.165) is 12.3 Å². The first-order chi connectivity index (χ1) is 5.81. The third kappa shape index (κ3) is 0.771. The lowest BCUT2D eigenvalue weighted by Crippen LogP contribution is -2.23. The highest BCUT2D eigenvalue weighted by atomic mass is 32.1. The fourth-order valence-electron chi connectivity index (χ4n) is 2.57. The molecule has 64 valence electrons. The third-order valence-corrected chi connectivity index (χ3v) is 4.42. The summed E-state index contributed by atoms with van der Waals surface area (Å²) in [5.74, 6) is 1.44. The Kier molecular flexibility index (Phi) is 1.25. The molecule has 1 heterocycles. The number of hydrogen-bond donors (Lipinski definition) is 1. The molecule has 1 aromatic heterocycles. The molecular weight excluding hydrogens is 168 g/mol. The number of aliphatic hydroxyl groups is 1. The van der Waals surface area contributed by atoms with Crippen molar-refractivity contribution in [2.75, 3.05) is 0 Å². The van der Waals surface area contributed by atoms with Crippen LogP contribution >= 0.6 is 11.3 Å². The second-order valence-electron chi connectivity index (χ2n) is 4.04. The van der Waals surface area contributed by atoms with Crippen molar-refractivity contribution in [1.29, 1.82) is 0 Å². The highest BCUT2D eigenvalue weighted by Crippen LogP contribution is 2.62. The molecule has 0 radical (unpaired) electrons. The Morgan fingerprint density at radius 1 is 1.58 bits per heavy atom. The summed E-state index contributed by atoms with van der Waals surface area (Å²) in [5, 5.41) is 12.4. The second-order valence-corrected chi connectivity index (χ2v) is 4.99. The maximum absolute atomic E-state index is 10.4. The van der Waals surface area contributed by atoms with Crippen LogP contribution in [0.1, 0.15) is 24.1 Å². The van der Waals surface area contributed by atoms with E-state index in [4.69, 9.17) is 0 Å². The van der Waals surface area contributed by atoms with E-state index in [1.807, 2.05) is 6.07 Å². The molecule has 2 aliphatic rings. The zero-order valence-electron chi connectivity index (χ0n) is 6.86. The van der Waals surface area contributed by atoms with E-state index in [2.05, 4.69) is 11.4 Å². The van der Waals surface area contributed by atoms with Gasteiger partial charge in [0, 0.05) is 4.88 Å². The second kappa shape index (κ2) is 2.12. The fourth-order valence-corrected chi connectivity index (χ4v) is 3.49. The minimum atomic E-state index is -0.432. The van der Waals surface area contributed by atoms with Crippen molar-refractivity contribution in [3.8, 4) is 0 Å². The summed E-state index contributed by atoms with van der Waals surface area (Å²) < 4.78 is 0. The average Bonchev–Trinajstić information content (AvgIpc) is 2.55. The van der Waals surface area contributed by atoms with Crippen molar-refractivity contribution in [2.45, 2.75) is 24.9 Å². The molecule has 2 fully saturated rings. The fraction of sp³-hybridized carbons (Fsp3) is 0.600. The van der Waals surface area contributed by atoms with Gasteiger partial charge in [0.15, 0.2) is 0 Å². The lowest BCUT2D eigenvalue weighted by molar-refractivity contribution is 0.0244. The van der Waals surface area contributed by atoms with Crippen molar-refractivity contribution in [2.24, 2.45) is 11.8 Å². The van der Waals surface area contributed by atoms with E-state index < -0.39 is 5.60 Å². The van der Waals surface area contributed by atoms with Gasteiger partial charge in [0.05, 0.1) is 0 Å². The van der Waals surface area contributed by atoms with Gasteiger partial charge in [-0.15, -0.1) is 11.3 Å². The smallest absolute Gasteiger partial charge is 0.102 e. The Bertz CT molecular complexity index is 293. The molecule has 0 spiro atoms. The SMILES string of the molecule is OC1(c2cccs2)CCC2CC21. The van der Waals surface area contributed by atoms with E-state index in [0.29, 0.717) is 5.92 Å². The van der Waals surface area contributed by atoms with Crippen LogP contribution in [0, 0.1) is 11.8 Å². The molecule has 0 bridgehead atoms. The van der Waals surface area contributed by atoms with Gasteiger partial charge in [0.1, 0.15) is 5.60 Å². The molecule has 3 atom stereocenters. The van der Waals surface area contributed by atoms with Crippen molar-refractivity contribution in [3.63, 3.8) is 0 Å². The van der Waals surface area contributed by atoms with Crippen molar-refractivity contribution in [3.05, 3.63) is 22.4 Å². The molecular formula is C10H12OS. The van der Waals surface area contributed by atoms with Gasteiger partial charge < -0.3 is 5.11 Å². The normalized spacial score (nSPS) is 44.4. The van der Waals surface area contributed by atoms with Crippen LogP contribution in [0.5, 0.6) is 0 Å². The third-order valence-electron chi connectivity index (χ3n) is 3.38. The molecule has 0 saturated heterocycles. The molecule has 2 heteroatoms. The predicted molar refractivity (Wildman–Crippen MR) is 49.0 cm³/mol. The first-order valence-electron chi connectivity index (χ1n) is 4.57. The number of hydrogen-bond acceptors (Lipinski definition) is 2. The maximum atomic E-state index is 10.4. The lowest BCUT2D eigenvalue weighted by atomic mass is 9.96. The monoisotopic (exact) mass is 180 g/mol. The summed E-state index contributed by atoms with van der Waals surface area (Å²) in [5.41, 5.74) is -0.432. The van der Waals surface area contributed by atoms with Crippen molar-refractivity contribution < 1.29 is 5.11 Å². The van der Waals surface area contributed by atoms with Gasteiger partial charge in [-0.2, -0.15) is 0 Å². The van der Waals surface area contributed by atoms with Gasteiger partial charge >= 0.3 is 0 Å². The minimum absolute atomic E-state index is 0.432. The van der Waals surface area contributed by atoms with Crippen LogP contribution in [0.4, 0.5) is 0 Å². The van der Waals surface area contributed by atoms with E-state index in [1.54, 1.807) is 11.3 Å². The van der Waals surface area contributed by atoms with E-state index in [1.165, 1.54) is 17.7 Å². The molecule has 2 aliphatic carbocycles. The molecule has 3 rings (SSSR count). The molecule has 1 aromatic rings. The molecule has 0 aromatic carbocycles. The van der Waals surface area contributed by atoms with Crippen LogP contribution in [0.15, 0.2) is 17.5 Å². The quantitative estimate of drug-likeness (QED) is 0.703. The summed E-state index contributed by atoms with van der Waals surface area (Å²) in [6, 6.07) is 4.11. The Hall–Kier alpha value is -0.340. The van der Waals surface area contributed by atoms with Gasteiger partial charge in [-0.05, 0) is 42.5 Å². The Morgan fingerprint density at radius 2 is 2.50 bits per heavy atom. The number of rotatable bonds is 1. The minimum Gasteiger partial charge on any atom is -0.384 e. The first kappa shape index (κ1) is 7.10. The zero-order valence-corrected chi connectivity index (χ0v) is 7.68. The molecule has 12 heavy (non-hydrogen) atoms. The maximum Gasteiger partial charge on any atom is 0.102 e. The van der Waals surface area contributed by atoms with Gasteiger partial charge in [-0.3, -0.25) is 0 Å². The first-order valence-corrected chi connectivity index (χ1v) is 5.45. The molecule has 0 amide bonds. The van der Waals surface area contributed by atoms with Crippen LogP contribution in [-0.4, -0.2) is 5.11 Å². The topological polar surface area (TPSA) is 20.2 Å². The number of fused-ring (bicyclic) bond motifs is 1. The predicted octanol–water partition coefficient (Wildman–Crippen LogP) is 2.37. The summed E-state index contributed by atoms with van der Waals surface area (Å²) >= 11 is 1.70. The Morgan fingerprint density at radius 3 is 3.00 bits per heavy atom. The molecule has 2 saturated carbocycles. The van der Waals surface area contributed by atoms with E-state index in [-0.39, 0.29) is 0 Å². The van der Waals surface area contributed by atoms with Gasteiger partial charge in [0.25, 0.3) is 0 Å². The largest absolute Gasteiger partial charge is 0.384 e. The Balaban J connectivity index is 2.00. The van der Waals surface area contributed by atoms with Gasteiger partial charge in [-0.1, -0.05) is 6.07 Å². The van der Waals surface area contributed by atoms with Crippen LogP contribution in [-0.2, 0) is 5.60 Å². The van der Waals surface area contributed by atoms with Gasteiger partial charge in [0.2, 0.25) is 0 Å².